The maximum atomic E-state index is 11.7. The Morgan fingerprint density at radius 3 is 2.79 bits per heavy atom. The van der Waals surface area contributed by atoms with E-state index in [2.05, 4.69) is 22.3 Å². The van der Waals surface area contributed by atoms with Crippen molar-refractivity contribution in [3.8, 4) is 0 Å². The number of hydrazone groups is 1. The van der Waals surface area contributed by atoms with E-state index in [4.69, 9.17) is 0 Å². The average Bonchev–Trinajstić information content (AvgIpc) is 2.86. The molecular formula is C13H20N4OS. The minimum Gasteiger partial charge on any atom is -0.354 e. The van der Waals surface area contributed by atoms with Gasteiger partial charge in [-0.3, -0.25) is 9.80 Å². The van der Waals surface area contributed by atoms with Crippen molar-refractivity contribution in [3.63, 3.8) is 0 Å². The van der Waals surface area contributed by atoms with E-state index in [0.29, 0.717) is 13.1 Å². The van der Waals surface area contributed by atoms with Gasteiger partial charge in [0, 0.05) is 36.5 Å². The molecule has 0 saturated heterocycles. The van der Waals surface area contributed by atoms with Crippen molar-refractivity contribution in [2.45, 2.75) is 33.6 Å². The summed E-state index contributed by atoms with van der Waals surface area (Å²) in [5, 5.41) is 10.1. The molecule has 6 heteroatoms. The third kappa shape index (κ3) is 4.02. The lowest BCUT2D eigenvalue weighted by molar-refractivity contribution is -0.122. The molecule has 1 aromatic heterocycles. The first kappa shape index (κ1) is 14.0. The zero-order chi connectivity index (χ0) is 13.8. The van der Waals surface area contributed by atoms with Gasteiger partial charge in [-0.1, -0.05) is 0 Å². The molecule has 19 heavy (non-hydrogen) atoms. The molecule has 0 aromatic carbocycles. The molecule has 0 saturated carbocycles. The molecule has 0 atom stereocenters. The number of aromatic nitrogens is 1. The quantitative estimate of drug-likeness (QED) is 0.889. The van der Waals surface area contributed by atoms with Gasteiger partial charge in [0.15, 0.2) is 0 Å². The van der Waals surface area contributed by atoms with Gasteiger partial charge in [-0.05, 0) is 20.8 Å². The Bertz CT molecular complexity index is 475. The van der Waals surface area contributed by atoms with Crippen LogP contribution in [0.1, 0.15) is 28.9 Å². The van der Waals surface area contributed by atoms with E-state index < -0.39 is 0 Å². The largest absolute Gasteiger partial charge is 0.354 e. The van der Waals surface area contributed by atoms with Gasteiger partial charge in [0.1, 0.15) is 6.54 Å². The minimum absolute atomic E-state index is 0.0310. The second-order valence-electron chi connectivity index (χ2n) is 4.82. The smallest absolute Gasteiger partial charge is 0.241 e. The average molecular weight is 280 g/mol. The molecule has 1 aliphatic heterocycles. The molecule has 1 aromatic rings. The molecule has 1 N–H and O–H groups in total. The van der Waals surface area contributed by atoms with Crippen molar-refractivity contribution >= 4 is 23.0 Å². The lowest BCUT2D eigenvalue weighted by Crippen LogP contribution is -2.34. The molecule has 2 rings (SSSR count). The van der Waals surface area contributed by atoms with Gasteiger partial charge in [0.05, 0.1) is 10.7 Å². The zero-order valence-electron chi connectivity index (χ0n) is 11.7. The van der Waals surface area contributed by atoms with Crippen LogP contribution in [0.5, 0.6) is 0 Å². The Morgan fingerprint density at radius 2 is 2.21 bits per heavy atom. The Hall–Kier alpha value is -1.43. The summed E-state index contributed by atoms with van der Waals surface area (Å²) in [5.41, 5.74) is 2.19. The summed E-state index contributed by atoms with van der Waals surface area (Å²) in [7, 11) is 0. The molecular weight excluding hydrogens is 260 g/mol. The van der Waals surface area contributed by atoms with Gasteiger partial charge in [0.25, 0.3) is 0 Å². The highest BCUT2D eigenvalue weighted by atomic mass is 32.1. The number of hydrogen-bond acceptors (Lipinski definition) is 5. The van der Waals surface area contributed by atoms with E-state index in [9.17, 15) is 4.79 Å². The Labute approximate surface area is 117 Å². The van der Waals surface area contributed by atoms with E-state index in [1.807, 2.05) is 18.9 Å². The predicted molar refractivity (Wildman–Crippen MR) is 77.6 cm³/mol. The highest BCUT2D eigenvalue weighted by Crippen LogP contribution is 2.16. The fourth-order valence-corrected chi connectivity index (χ4v) is 2.86. The summed E-state index contributed by atoms with van der Waals surface area (Å²) in [5.74, 6) is 0.0310. The number of nitrogens with one attached hydrogen (secondary N) is 1. The highest BCUT2D eigenvalue weighted by Gasteiger charge is 2.14. The van der Waals surface area contributed by atoms with Gasteiger partial charge in [0.2, 0.25) is 5.91 Å². The number of aryl methyl sites for hydroxylation is 2. The predicted octanol–water partition coefficient (Wildman–Crippen LogP) is 1.50. The lowest BCUT2D eigenvalue weighted by Gasteiger charge is -2.12. The third-order valence-corrected chi connectivity index (χ3v) is 4.24. The maximum absolute atomic E-state index is 11.7. The molecule has 0 fully saturated rings. The molecule has 1 aliphatic rings. The number of amides is 1. The van der Waals surface area contributed by atoms with E-state index in [1.54, 1.807) is 11.3 Å². The molecule has 5 nitrogen and oxygen atoms in total. The van der Waals surface area contributed by atoms with Crippen LogP contribution in [0.4, 0.5) is 0 Å². The van der Waals surface area contributed by atoms with Gasteiger partial charge in [-0.2, -0.15) is 5.10 Å². The molecule has 0 bridgehead atoms. The number of carbonyl (C=O) groups excluding carboxylic acids is 1. The molecule has 0 spiro atoms. The molecule has 0 unspecified atom stereocenters. The van der Waals surface area contributed by atoms with Crippen LogP contribution >= 0.6 is 11.3 Å². The van der Waals surface area contributed by atoms with Gasteiger partial charge in [-0.25, -0.2) is 4.98 Å². The van der Waals surface area contributed by atoms with Crippen LogP contribution < -0.4 is 5.32 Å². The SMILES string of the molecule is CC1=NN(CC(=O)NCCc2nc(C)c(C)s2)CC1. The molecule has 0 radical (unpaired) electrons. The first-order chi connectivity index (χ1) is 9.04. The summed E-state index contributed by atoms with van der Waals surface area (Å²) in [4.78, 5) is 17.4. The second kappa shape index (κ2) is 6.14. The van der Waals surface area contributed by atoms with Crippen molar-refractivity contribution < 1.29 is 4.79 Å². The minimum atomic E-state index is 0.0310. The van der Waals surface area contributed by atoms with Crippen LogP contribution in [0.15, 0.2) is 5.10 Å². The van der Waals surface area contributed by atoms with Gasteiger partial charge >= 0.3 is 0 Å². The van der Waals surface area contributed by atoms with Crippen LogP contribution in [0.3, 0.4) is 0 Å². The topological polar surface area (TPSA) is 57.6 Å². The van der Waals surface area contributed by atoms with E-state index in [1.165, 1.54) is 4.88 Å². The molecule has 0 aliphatic carbocycles. The first-order valence-corrected chi connectivity index (χ1v) is 7.35. The highest BCUT2D eigenvalue weighted by molar-refractivity contribution is 7.11. The van der Waals surface area contributed by atoms with Crippen molar-refractivity contribution in [1.29, 1.82) is 0 Å². The first-order valence-electron chi connectivity index (χ1n) is 6.53. The van der Waals surface area contributed by atoms with E-state index in [-0.39, 0.29) is 5.91 Å². The Kier molecular flexibility index (Phi) is 4.52. The molecule has 2 heterocycles. The summed E-state index contributed by atoms with van der Waals surface area (Å²) in [6, 6.07) is 0. The fourth-order valence-electron chi connectivity index (χ4n) is 1.92. The Balaban J connectivity index is 1.69. The number of nitrogens with zero attached hydrogens (tertiary/aromatic N) is 3. The number of thiazole rings is 1. The lowest BCUT2D eigenvalue weighted by atomic mass is 10.3. The normalized spacial score (nSPS) is 14.7. The summed E-state index contributed by atoms with van der Waals surface area (Å²) < 4.78 is 0. The van der Waals surface area contributed by atoms with E-state index in [0.717, 1.165) is 35.8 Å². The van der Waals surface area contributed by atoms with Gasteiger partial charge < -0.3 is 5.32 Å². The van der Waals surface area contributed by atoms with E-state index >= 15 is 0 Å². The van der Waals surface area contributed by atoms with Gasteiger partial charge in [-0.15, -0.1) is 11.3 Å². The van der Waals surface area contributed by atoms with Crippen LogP contribution in [0.2, 0.25) is 0 Å². The standard InChI is InChI=1S/C13H20N4OS/c1-9-5-7-17(16-9)8-12(18)14-6-4-13-15-10(2)11(3)19-13/h4-8H2,1-3H3,(H,14,18). The zero-order valence-corrected chi connectivity index (χ0v) is 12.5. The van der Waals surface area contributed by atoms with Crippen molar-refractivity contribution in [2.24, 2.45) is 5.10 Å². The van der Waals surface area contributed by atoms with Crippen molar-refractivity contribution in [2.75, 3.05) is 19.6 Å². The number of rotatable bonds is 5. The molecule has 104 valence electrons. The monoisotopic (exact) mass is 280 g/mol. The maximum Gasteiger partial charge on any atom is 0.241 e. The number of carbonyl (C=O) groups is 1. The number of hydrogen-bond donors (Lipinski definition) is 1. The fraction of sp³-hybridized carbons (Fsp3) is 0.615. The third-order valence-electron chi connectivity index (χ3n) is 3.10. The van der Waals surface area contributed by atoms with Crippen LogP contribution in [0, 0.1) is 13.8 Å². The van der Waals surface area contributed by atoms with Crippen molar-refractivity contribution in [1.82, 2.24) is 15.3 Å². The van der Waals surface area contributed by atoms with Crippen LogP contribution in [-0.4, -0.2) is 41.2 Å². The van der Waals surface area contributed by atoms with Crippen molar-refractivity contribution in [3.05, 3.63) is 15.6 Å². The summed E-state index contributed by atoms with van der Waals surface area (Å²) in [6.45, 7) is 7.93. The second-order valence-corrected chi connectivity index (χ2v) is 6.11. The van der Waals surface area contributed by atoms with Crippen LogP contribution in [-0.2, 0) is 11.2 Å². The summed E-state index contributed by atoms with van der Waals surface area (Å²) in [6.07, 6.45) is 1.76. The summed E-state index contributed by atoms with van der Waals surface area (Å²) >= 11 is 1.70. The molecule has 1 amide bonds. The van der Waals surface area contributed by atoms with Crippen LogP contribution in [0.25, 0.3) is 0 Å². The Morgan fingerprint density at radius 1 is 1.42 bits per heavy atom.